The Morgan fingerprint density at radius 1 is 1.25 bits per heavy atom. The Bertz CT molecular complexity index is 868. The van der Waals surface area contributed by atoms with Gasteiger partial charge in [0.25, 0.3) is 0 Å². The first-order chi connectivity index (χ1) is 13.5. The van der Waals surface area contributed by atoms with Crippen molar-refractivity contribution < 1.29 is 19.1 Å². The minimum absolute atomic E-state index is 0.0116. The molecule has 7 nitrogen and oxygen atoms in total. The Balaban J connectivity index is 1.54. The second-order valence-electron chi connectivity index (χ2n) is 6.28. The molecule has 1 fully saturated rings. The smallest absolute Gasteiger partial charge is 0.414 e. The van der Waals surface area contributed by atoms with Gasteiger partial charge in [0.1, 0.15) is 11.9 Å². The molecule has 3 rings (SSSR count). The summed E-state index contributed by atoms with van der Waals surface area (Å²) in [4.78, 5) is 26.1. The van der Waals surface area contributed by atoms with E-state index >= 15 is 0 Å². The Hall–Kier alpha value is -3.00. The molecule has 1 heterocycles. The highest BCUT2D eigenvalue weighted by molar-refractivity contribution is 7.99. The van der Waals surface area contributed by atoms with Crippen LogP contribution in [-0.4, -0.2) is 43.4 Å². The lowest BCUT2D eigenvalue weighted by molar-refractivity contribution is -0.139. The minimum atomic E-state index is -0.380. The van der Waals surface area contributed by atoms with Crippen LogP contribution in [0.2, 0.25) is 0 Å². The van der Waals surface area contributed by atoms with E-state index in [2.05, 4.69) is 4.74 Å². The highest BCUT2D eigenvalue weighted by Crippen LogP contribution is 2.26. The number of methoxy groups -OCH3 is 1. The van der Waals surface area contributed by atoms with Gasteiger partial charge in [-0.1, -0.05) is 12.1 Å². The lowest BCUT2D eigenvalue weighted by Crippen LogP contribution is -2.25. The number of amides is 1. The van der Waals surface area contributed by atoms with E-state index in [-0.39, 0.29) is 30.4 Å². The van der Waals surface area contributed by atoms with Crippen LogP contribution in [-0.2, 0) is 20.7 Å². The molecule has 146 valence electrons. The highest BCUT2D eigenvalue weighted by Gasteiger charge is 2.32. The van der Waals surface area contributed by atoms with Gasteiger partial charge in [-0.2, -0.15) is 0 Å². The molecule has 28 heavy (non-hydrogen) atoms. The molecule has 1 saturated heterocycles. The van der Waals surface area contributed by atoms with Gasteiger partial charge < -0.3 is 15.2 Å². The number of nitrogens with one attached hydrogen (secondary N) is 1. The third kappa shape index (κ3) is 4.83. The first kappa shape index (κ1) is 19.8. The lowest BCUT2D eigenvalue weighted by atomic mass is 10.2. The van der Waals surface area contributed by atoms with Gasteiger partial charge in [-0.05, 0) is 42.0 Å². The Labute approximate surface area is 167 Å². The van der Waals surface area contributed by atoms with Crippen LogP contribution in [0.3, 0.4) is 0 Å². The summed E-state index contributed by atoms with van der Waals surface area (Å²) in [5.41, 5.74) is 7.67. The van der Waals surface area contributed by atoms with E-state index in [1.54, 1.807) is 40.9 Å². The van der Waals surface area contributed by atoms with Gasteiger partial charge >= 0.3 is 12.1 Å². The monoisotopic (exact) mass is 399 g/mol. The maximum atomic E-state index is 12.2. The average molecular weight is 399 g/mol. The Morgan fingerprint density at radius 3 is 2.54 bits per heavy atom. The number of benzene rings is 2. The molecule has 1 atom stereocenters. The summed E-state index contributed by atoms with van der Waals surface area (Å²) in [6, 6.07) is 14.6. The number of nitrogens with two attached hydrogens (primary N) is 1. The van der Waals surface area contributed by atoms with Crippen LogP contribution in [0, 0.1) is 5.41 Å². The van der Waals surface area contributed by atoms with Gasteiger partial charge in [-0.25, -0.2) is 4.79 Å². The molecule has 0 bridgehead atoms. The maximum absolute atomic E-state index is 12.2. The summed E-state index contributed by atoms with van der Waals surface area (Å²) in [5, 5.41) is 7.43. The van der Waals surface area contributed by atoms with Crippen molar-refractivity contribution in [2.45, 2.75) is 17.4 Å². The molecule has 2 aromatic carbocycles. The Morgan fingerprint density at radius 2 is 1.93 bits per heavy atom. The van der Waals surface area contributed by atoms with Crippen molar-refractivity contribution >= 4 is 35.3 Å². The summed E-state index contributed by atoms with van der Waals surface area (Å²) in [7, 11) is 1.37. The molecular formula is C20H21N3O4S. The van der Waals surface area contributed by atoms with Crippen molar-refractivity contribution in [1.29, 1.82) is 5.41 Å². The van der Waals surface area contributed by atoms with Crippen LogP contribution < -0.4 is 10.6 Å². The van der Waals surface area contributed by atoms with E-state index in [0.29, 0.717) is 17.9 Å². The number of hydrogen-bond donors (Lipinski definition) is 2. The van der Waals surface area contributed by atoms with Gasteiger partial charge in [-0.15, -0.1) is 11.8 Å². The number of nitrogens with zero attached hydrogens (tertiary/aromatic N) is 1. The van der Waals surface area contributed by atoms with Crippen molar-refractivity contribution in [2.75, 3.05) is 24.3 Å². The zero-order valence-corrected chi connectivity index (χ0v) is 16.2. The Kier molecular flexibility index (Phi) is 6.20. The summed E-state index contributed by atoms with van der Waals surface area (Å²) >= 11 is 1.59. The van der Waals surface area contributed by atoms with Crippen LogP contribution in [0.5, 0.6) is 0 Å². The van der Waals surface area contributed by atoms with Gasteiger partial charge in [0.15, 0.2) is 0 Å². The number of rotatable bonds is 7. The quantitative estimate of drug-likeness (QED) is 0.321. The number of cyclic esters (lactones) is 1. The fraction of sp³-hybridized carbons (Fsp3) is 0.250. The number of amidine groups is 1. The zero-order chi connectivity index (χ0) is 20.1. The first-order valence-corrected chi connectivity index (χ1v) is 9.66. The van der Waals surface area contributed by atoms with E-state index in [1.165, 1.54) is 7.11 Å². The summed E-state index contributed by atoms with van der Waals surface area (Å²) in [6.45, 7) is 0.464. The fourth-order valence-electron chi connectivity index (χ4n) is 2.77. The molecule has 2 aromatic rings. The number of anilines is 1. The topological polar surface area (TPSA) is 106 Å². The molecule has 0 spiro atoms. The van der Waals surface area contributed by atoms with Crippen molar-refractivity contribution in [1.82, 2.24) is 0 Å². The van der Waals surface area contributed by atoms with Crippen molar-refractivity contribution in [3.05, 3.63) is 59.7 Å². The second kappa shape index (κ2) is 8.79. The van der Waals surface area contributed by atoms with Crippen LogP contribution in [0.1, 0.15) is 11.1 Å². The predicted molar refractivity (Wildman–Crippen MR) is 108 cm³/mol. The number of carbonyl (C=O) groups excluding carboxylic acids is 2. The molecule has 1 amide bonds. The maximum Gasteiger partial charge on any atom is 0.414 e. The lowest BCUT2D eigenvalue weighted by Gasteiger charge is -2.13. The van der Waals surface area contributed by atoms with E-state index < -0.39 is 0 Å². The predicted octanol–water partition coefficient (Wildman–Crippen LogP) is 2.80. The second-order valence-corrected chi connectivity index (χ2v) is 7.38. The average Bonchev–Trinajstić information content (AvgIpc) is 3.08. The molecule has 8 heteroatoms. The van der Waals surface area contributed by atoms with E-state index in [1.807, 2.05) is 24.3 Å². The number of esters is 1. The van der Waals surface area contributed by atoms with Gasteiger partial charge in [-0.3, -0.25) is 15.1 Å². The van der Waals surface area contributed by atoms with Crippen molar-refractivity contribution in [3.63, 3.8) is 0 Å². The highest BCUT2D eigenvalue weighted by atomic mass is 32.2. The first-order valence-electron chi connectivity index (χ1n) is 8.67. The summed E-state index contributed by atoms with van der Waals surface area (Å²) in [5.74, 6) is 0.349. The van der Waals surface area contributed by atoms with Crippen LogP contribution in [0.4, 0.5) is 10.5 Å². The van der Waals surface area contributed by atoms with Crippen molar-refractivity contribution in [2.24, 2.45) is 5.73 Å². The van der Waals surface area contributed by atoms with Gasteiger partial charge in [0.05, 0.1) is 20.1 Å². The SMILES string of the molecule is COC(=O)Cc1ccc(SCC2CN(c3ccc(C(=N)N)cc3)C(=O)O2)cc1. The molecular weight excluding hydrogens is 378 g/mol. The fourth-order valence-corrected chi connectivity index (χ4v) is 3.65. The van der Waals surface area contributed by atoms with E-state index in [9.17, 15) is 9.59 Å². The largest absolute Gasteiger partial charge is 0.469 e. The molecule has 0 aliphatic carbocycles. The van der Waals surface area contributed by atoms with Gasteiger partial charge in [0.2, 0.25) is 0 Å². The molecule has 1 aliphatic heterocycles. The third-order valence-electron chi connectivity index (χ3n) is 4.30. The van der Waals surface area contributed by atoms with Crippen LogP contribution >= 0.6 is 11.8 Å². The summed E-state index contributed by atoms with van der Waals surface area (Å²) < 4.78 is 10.1. The van der Waals surface area contributed by atoms with Crippen molar-refractivity contribution in [3.8, 4) is 0 Å². The summed E-state index contributed by atoms with van der Waals surface area (Å²) in [6.07, 6.45) is -0.353. The third-order valence-corrected chi connectivity index (χ3v) is 5.44. The normalized spacial score (nSPS) is 16.0. The standard InChI is InChI=1S/C20H21N3O4S/c1-26-18(24)10-13-2-8-17(9-3-13)28-12-16-11-23(20(25)27-16)15-6-4-14(5-7-15)19(21)22/h2-9,16H,10-12H2,1H3,(H3,21,22). The number of carbonyl (C=O) groups is 2. The van der Waals surface area contributed by atoms with E-state index in [0.717, 1.165) is 16.1 Å². The van der Waals surface area contributed by atoms with Crippen LogP contribution in [0.25, 0.3) is 0 Å². The van der Waals surface area contributed by atoms with Crippen LogP contribution in [0.15, 0.2) is 53.4 Å². The molecule has 1 aliphatic rings. The molecule has 0 radical (unpaired) electrons. The number of ether oxygens (including phenoxy) is 2. The number of thioether (sulfide) groups is 1. The van der Waals surface area contributed by atoms with Gasteiger partial charge in [0, 0.05) is 21.9 Å². The van der Waals surface area contributed by atoms with E-state index in [4.69, 9.17) is 15.9 Å². The molecule has 3 N–H and O–H groups in total. The molecule has 0 saturated carbocycles. The zero-order valence-electron chi connectivity index (χ0n) is 15.4. The number of hydrogen-bond acceptors (Lipinski definition) is 6. The minimum Gasteiger partial charge on any atom is -0.469 e. The molecule has 0 aromatic heterocycles. The molecule has 1 unspecified atom stereocenters. The number of nitrogen functional groups attached to an aromatic ring is 1.